The molecule has 2 aromatic carbocycles. The smallest absolute Gasteiger partial charge is 0.131 e. The summed E-state index contributed by atoms with van der Waals surface area (Å²) < 4.78 is 19.1. The molecule has 4 heteroatoms. The first-order chi connectivity index (χ1) is 8.60. The zero-order chi connectivity index (χ0) is 13.1. The Hall–Kier alpha value is -1.06. The minimum Gasteiger partial charge on any atom is -0.457 e. The van der Waals surface area contributed by atoms with E-state index in [0.29, 0.717) is 27.4 Å². The van der Waals surface area contributed by atoms with Gasteiger partial charge in [-0.05, 0) is 36.8 Å². The summed E-state index contributed by atoms with van der Waals surface area (Å²) in [6.07, 6.45) is 0. The van der Waals surface area contributed by atoms with Gasteiger partial charge in [-0.3, -0.25) is 0 Å². The Labute approximate surface area is 119 Å². The van der Waals surface area contributed by atoms with E-state index in [0.717, 1.165) is 5.56 Å². The van der Waals surface area contributed by atoms with Crippen LogP contribution in [-0.4, -0.2) is 0 Å². The van der Waals surface area contributed by atoms with Crippen molar-refractivity contribution in [3.05, 3.63) is 58.4 Å². The summed E-state index contributed by atoms with van der Waals surface area (Å²) in [5.74, 6) is 0.865. The molecule has 0 unspecified atom stereocenters. The Morgan fingerprint density at radius 3 is 2.67 bits per heavy atom. The molecule has 0 heterocycles. The molecule has 0 saturated carbocycles. The van der Waals surface area contributed by atoms with Gasteiger partial charge in [0.1, 0.15) is 17.3 Å². The largest absolute Gasteiger partial charge is 0.457 e. The van der Waals surface area contributed by atoms with Crippen molar-refractivity contribution in [3.63, 3.8) is 0 Å². The van der Waals surface area contributed by atoms with Crippen LogP contribution in [0.4, 0.5) is 4.39 Å². The minimum absolute atomic E-state index is 0.276. The molecule has 0 atom stereocenters. The highest BCUT2D eigenvalue weighted by molar-refractivity contribution is 9.08. The van der Waals surface area contributed by atoms with Gasteiger partial charge in [0, 0.05) is 22.0 Å². The Balaban J connectivity index is 2.30. The number of hydrogen-bond donors (Lipinski definition) is 0. The lowest BCUT2D eigenvalue weighted by molar-refractivity contribution is 0.472. The van der Waals surface area contributed by atoms with Crippen molar-refractivity contribution in [3.8, 4) is 11.5 Å². The number of ether oxygens (including phenoxy) is 1. The summed E-state index contributed by atoms with van der Waals surface area (Å²) in [7, 11) is 0. The predicted octanol–water partition coefficient (Wildman–Crippen LogP) is 5.47. The van der Waals surface area contributed by atoms with E-state index in [1.54, 1.807) is 31.2 Å². The number of hydrogen-bond acceptors (Lipinski definition) is 1. The summed E-state index contributed by atoms with van der Waals surface area (Å²) >= 11 is 9.28. The fourth-order valence-corrected chi connectivity index (χ4v) is 2.15. The second-order valence-electron chi connectivity index (χ2n) is 3.90. The van der Waals surface area contributed by atoms with Crippen molar-refractivity contribution in [1.82, 2.24) is 0 Å². The van der Waals surface area contributed by atoms with Gasteiger partial charge < -0.3 is 4.74 Å². The molecule has 2 aromatic rings. The van der Waals surface area contributed by atoms with E-state index in [1.807, 2.05) is 6.07 Å². The zero-order valence-corrected chi connectivity index (χ0v) is 12.1. The molecule has 18 heavy (non-hydrogen) atoms. The summed E-state index contributed by atoms with van der Waals surface area (Å²) in [4.78, 5) is 0. The number of benzene rings is 2. The Morgan fingerprint density at radius 2 is 2.00 bits per heavy atom. The van der Waals surface area contributed by atoms with E-state index in [9.17, 15) is 4.39 Å². The topological polar surface area (TPSA) is 9.23 Å². The average molecular weight is 330 g/mol. The maximum atomic E-state index is 13.4. The number of halogens is 3. The lowest BCUT2D eigenvalue weighted by Gasteiger charge is -2.10. The SMILES string of the molecule is Cc1ccc(Oc2ccc(Cl)cc2CBr)cc1F. The fourth-order valence-electron chi connectivity index (χ4n) is 1.52. The Morgan fingerprint density at radius 1 is 1.22 bits per heavy atom. The average Bonchev–Trinajstić information content (AvgIpc) is 2.36. The number of rotatable bonds is 3. The zero-order valence-electron chi connectivity index (χ0n) is 9.71. The van der Waals surface area contributed by atoms with Crippen LogP contribution in [-0.2, 0) is 5.33 Å². The highest BCUT2D eigenvalue weighted by Gasteiger charge is 2.06. The third-order valence-electron chi connectivity index (χ3n) is 2.54. The molecule has 2 rings (SSSR count). The predicted molar refractivity (Wildman–Crippen MR) is 75.3 cm³/mol. The van der Waals surface area contributed by atoms with E-state index >= 15 is 0 Å². The van der Waals surface area contributed by atoms with Gasteiger partial charge in [0.15, 0.2) is 0 Å². The van der Waals surface area contributed by atoms with Gasteiger partial charge in [0.2, 0.25) is 0 Å². The highest BCUT2D eigenvalue weighted by Crippen LogP contribution is 2.30. The van der Waals surface area contributed by atoms with Crippen molar-refractivity contribution >= 4 is 27.5 Å². The van der Waals surface area contributed by atoms with E-state index in [1.165, 1.54) is 6.07 Å². The van der Waals surface area contributed by atoms with Gasteiger partial charge in [0.25, 0.3) is 0 Å². The number of aryl methyl sites for hydroxylation is 1. The minimum atomic E-state index is -0.276. The van der Waals surface area contributed by atoms with Gasteiger partial charge in [-0.2, -0.15) is 0 Å². The van der Waals surface area contributed by atoms with Crippen LogP contribution in [0.2, 0.25) is 5.02 Å². The van der Waals surface area contributed by atoms with Crippen molar-refractivity contribution in [2.45, 2.75) is 12.3 Å². The molecule has 0 radical (unpaired) electrons. The van der Waals surface area contributed by atoms with Crippen LogP contribution in [0, 0.1) is 12.7 Å². The second-order valence-corrected chi connectivity index (χ2v) is 4.90. The quantitative estimate of drug-likeness (QED) is 0.678. The first-order valence-electron chi connectivity index (χ1n) is 5.38. The van der Waals surface area contributed by atoms with Gasteiger partial charge in [0.05, 0.1) is 0 Å². The lowest BCUT2D eigenvalue weighted by Crippen LogP contribution is -1.91. The number of alkyl halides is 1. The molecule has 0 amide bonds. The first kappa shape index (κ1) is 13.4. The molecule has 0 aliphatic carbocycles. The molecule has 0 aliphatic heterocycles. The third-order valence-corrected chi connectivity index (χ3v) is 3.38. The van der Waals surface area contributed by atoms with Gasteiger partial charge in [-0.25, -0.2) is 4.39 Å². The molecule has 0 saturated heterocycles. The van der Waals surface area contributed by atoms with Gasteiger partial charge >= 0.3 is 0 Å². The van der Waals surface area contributed by atoms with Crippen molar-refractivity contribution in [2.75, 3.05) is 0 Å². The van der Waals surface area contributed by atoms with Crippen molar-refractivity contribution in [2.24, 2.45) is 0 Å². The second kappa shape index (κ2) is 5.72. The lowest BCUT2D eigenvalue weighted by atomic mass is 10.2. The highest BCUT2D eigenvalue weighted by atomic mass is 79.9. The van der Waals surface area contributed by atoms with Crippen molar-refractivity contribution in [1.29, 1.82) is 0 Å². The summed E-state index contributed by atoms with van der Waals surface area (Å²) in [5.41, 5.74) is 1.52. The third kappa shape index (κ3) is 3.03. The van der Waals surface area contributed by atoms with Crippen molar-refractivity contribution < 1.29 is 9.13 Å². The van der Waals surface area contributed by atoms with E-state index < -0.39 is 0 Å². The van der Waals surface area contributed by atoms with Crippen LogP contribution < -0.4 is 4.74 Å². The Bertz CT molecular complexity index is 572. The molecule has 0 aromatic heterocycles. The summed E-state index contributed by atoms with van der Waals surface area (Å²) in [6, 6.07) is 10.1. The Kier molecular flexibility index (Phi) is 4.25. The van der Waals surface area contributed by atoms with Crippen LogP contribution in [0.15, 0.2) is 36.4 Å². The maximum Gasteiger partial charge on any atom is 0.131 e. The molecule has 0 fully saturated rings. The van der Waals surface area contributed by atoms with Crippen LogP contribution in [0.25, 0.3) is 0 Å². The van der Waals surface area contributed by atoms with Crippen LogP contribution in [0.1, 0.15) is 11.1 Å². The standard InChI is InChI=1S/C14H11BrClFO/c1-9-2-4-12(7-13(9)17)18-14-5-3-11(16)6-10(14)8-15/h2-7H,8H2,1H3. The molecule has 0 spiro atoms. The molecule has 1 nitrogen and oxygen atoms in total. The molecule has 0 N–H and O–H groups in total. The van der Waals surface area contributed by atoms with E-state index in [4.69, 9.17) is 16.3 Å². The molecular weight excluding hydrogens is 319 g/mol. The van der Waals surface area contributed by atoms with Crippen LogP contribution in [0.3, 0.4) is 0 Å². The first-order valence-corrected chi connectivity index (χ1v) is 6.88. The van der Waals surface area contributed by atoms with Gasteiger partial charge in [-0.15, -0.1) is 0 Å². The van der Waals surface area contributed by atoms with Crippen LogP contribution >= 0.6 is 27.5 Å². The molecule has 0 bridgehead atoms. The fraction of sp³-hybridized carbons (Fsp3) is 0.143. The van der Waals surface area contributed by atoms with Gasteiger partial charge in [-0.1, -0.05) is 33.6 Å². The molecule has 94 valence electrons. The van der Waals surface area contributed by atoms with Crippen LogP contribution in [0.5, 0.6) is 11.5 Å². The van der Waals surface area contributed by atoms with E-state index in [-0.39, 0.29) is 5.82 Å². The summed E-state index contributed by atoms with van der Waals surface area (Å²) in [6.45, 7) is 1.71. The molecule has 0 aliphatic rings. The maximum absolute atomic E-state index is 13.4. The summed E-state index contributed by atoms with van der Waals surface area (Å²) in [5, 5.41) is 1.27. The molecular formula is C14H11BrClFO. The monoisotopic (exact) mass is 328 g/mol. The normalized spacial score (nSPS) is 10.4. The van der Waals surface area contributed by atoms with E-state index in [2.05, 4.69) is 15.9 Å².